The van der Waals surface area contributed by atoms with Crippen LogP contribution in [-0.4, -0.2) is 46.9 Å². The van der Waals surface area contributed by atoms with Gasteiger partial charge in [0.05, 0.1) is 12.8 Å². The number of carbonyl (C=O) groups is 3. The number of halogens is 3. The molecule has 3 heterocycles. The van der Waals surface area contributed by atoms with Gasteiger partial charge in [-0.05, 0) is 38.1 Å². The number of amides is 4. The van der Waals surface area contributed by atoms with Gasteiger partial charge in [0.25, 0.3) is 5.91 Å². The zero-order valence-corrected chi connectivity index (χ0v) is 15.6. The molecule has 0 aromatic carbocycles. The number of nitrogens with zero attached hydrogens (tertiary/aromatic N) is 2. The summed E-state index contributed by atoms with van der Waals surface area (Å²) in [7, 11) is 0. The first-order chi connectivity index (χ1) is 13.5. The molecule has 1 N–H and O–H groups in total. The third-order valence-corrected chi connectivity index (χ3v) is 4.45. The quantitative estimate of drug-likeness (QED) is 0.735. The van der Waals surface area contributed by atoms with E-state index in [1.54, 1.807) is 13.0 Å². The molecule has 1 aliphatic heterocycles. The molecular formula is C18H18F3N3O5. The molecule has 2 aromatic heterocycles. The first-order valence-corrected chi connectivity index (χ1v) is 8.57. The number of alkyl halides is 3. The molecule has 0 aliphatic carbocycles. The average molecular weight is 413 g/mol. The molecule has 4 amide bonds. The Morgan fingerprint density at radius 1 is 1.28 bits per heavy atom. The molecule has 0 radical (unpaired) electrons. The van der Waals surface area contributed by atoms with E-state index < -0.39 is 49.2 Å². The highest BCUT2D eigenvalue weighted by molar-refractivity contribution is 6.08. The summed E-state index contributed by atoms with van der Waals surface area (Å²) < 4.78 is 49.1. The van der Waals surface area contributed by atoms with Crippen LogP contribution in [0.4, 0.5) is 18.0 Å². The predicted octanol–water partition coefficient (Wildman–Crippen LogP) is 2.54. The Labute approximate surface area is 163 Å². The number of aryl methyl sites for hydroxylation is 1. The minimum Gasteiger partial charge on any atom is -0.467 e. The fourth-order valence-corrected chi connectivity index (χ4v) is 2.99. The summed E-state index contributed by atoms with van der Waals surface area (Å²) in [6, 6.07) is 5.10. The van der Waals surface area contributed by atoms with Gasteiger partial charge in [-0.25, -0.2) is 4.79 Å². The van der Waals surface area contributed by atoms with Gasteiger partial charge < -0.3 is 19.1 Å². The van der Waals surface area contributed by atoms with Crippen molar-refractivity contribution in [3.63, 3.8) is 0 Å². The predicted molar refractivity (Wildman–Crippen MR) is 91.2 cm³/mol. The molecule has 0 saturated carbocycles. The van der Waals surface area contributed by atoms with Crippen molar-refractivity contribution in [2.24, 2.45) is 0 Å². The number of urea groups is 1. The summed E-state index contributed by atoms with van der Waals surface area (Å²) in [6.07, 6.45) is -3.40. The zero-order valence-electron chi connectivity index (χ0n) is 15.6. The zero-order chi connectivity index (χ0) is 21.4. The van der Waals surface area contributed by atoms with Crippen LogP contribution in [0, 0.1) is 6.92 Å². The molecule has 0 bridgehead atoms. The molecular weight excluding hydrogens is 395 g/mol. The molecule has 8 nitrogen and oxygen atoms in total. The van der Waals surface area contributed by atoms with Crippen LogP contribution in [0.1, 0.15) is 24.2 Å². The molecule has 0 spiro atoms. The molecule has 3 rings (SSSR count). The van der Waals surface area contributed by atoms with Gasteiger partial charge in [0.1, 0.15) is 30.4 Å². The van der Waals surface area contributed by atoms with Crippen LogP contribution >= 0.6 is 0 Å². The van der Waals surface area contributed by atoms with Crippen molar-refractivity contribution in [3.8, 4) is 0 Å². The Morgan fingerprint density at radius 2 is 2.00 bits per heavy atom. The van der Waals surface area contributed by atoms with Crippen molar-refractivity contribution in [2.75, 3.05) is 13.1 Å². The van der Waals surface area contributed by atoms with Crippen LogP contribution < -0.4 is 5.32 Å². The molecule has 1 aliphatic rings. The van der Waals surface area contributed by atoms with Gasteiger partial charge in [-0.15, -0.1) is 0 Å². The van der Waals surface area contributed by atoms with Gasteiger partial charge in [0.15, 0.2) is 5.54 Å². The van der Waals surface area contributed by atoms with Crippen molar-refractivity contribution in [1.29, 1.82) is 0 Å². The molecule has 1 saturated heterocycles. The van der Waals surface area contributed by atoms with Gasteiger partial charge in [-0.1, -0.05) is 0 Å². The number of hydrogen-bond acceptors (Lipinski definition) is 5. The number of imide groups is 1. The third-order valence-electron chi connectivity index (χ3n) is 4.45. The van der Waals surface area contributed by atoms with Crippen LogP contribution in [0.5, 0.6) is 0 Å². The highest BCUT2D eigenvalue weighted by Gasteiger charge is 2.52. The maximum atomic E-state index is 12.9. The van der Waals surface area contributed by atoms with Gasteiger partial charge >= 0.3 is 12.2 Å². The van der Waals surface area contributed by atoms with Crippen LogP contribution in [0.3, 0.4) is 0 Å². The third kappa shape index (κ3) is 4.28. The molecule has 11 heteroatoms. The summed E-state index contributed by atoms with van der Waals surface area (Å²) in [5.74, 6) is -1.05. The number of rotatable bonds is 6. The lowest BCUT2D eigenvalue weighted by Gasteiger charge is -2.25. The number of hydrogen-bond donors (Lipinski definition) is 1. The topological polar surface area (TPSA) is 96.0 Å². The van der Waals surface area contributed by atoms with E-state index in [1.807, 2.05) is 0 Å². The van der Waals surface area contributed by atoms with E-state index in [9.17, 15) is 27.6 Å². The standard InChI is InChI=1S/C18H18F3N3O5/c1-11-5-6-13(29-11)17(2)15(26)24(16(27)22-17)9-14(25)23(10-18(19,20)21)8-12-4-3-7-28-12/h3-7H,8-10H2,1-2H3,(H,22,27). The maximum absolute atomic E-state index is 12.9. The second-order valence-electron chi connectivity index (χ2n) is 6.80. The molecule has 2 aromatic rings. The van der Waals surface area contributed by atoms with E-state index in [0.29, 0.717) is 15.6 Å². The van der Waals surface area contributed by atoms with Crippen LogP contribution in [0.25, 0.3) is 0 Å². The first-order valence-electron chi connectivity index (χ1n) is 8.57. The molecule has 29 heavy (non-hydrogen) atoms. The molecule has 156 valence electrons. The summed E-state index contributed by atoms with van der Waals surface area (Å²) in [5, 5.41) is 2.43. The molecule has 1 fully saturated rings. The lowest BCUT2D eigenvalue weighted by Crippen LogP contribution is -2.46. The lowest BCUT2D eigenvalue weighted by molar-refractivity contribution is -0.163. The van der Waals surface area contributed by atoms with Crippen LogP contribution in [0.2, 0.25) is 0 Å². The lowest BCUT2D eigenvalue weighted by atomic mass is 9.99. The van der Waals surface area contributed by atoms with E-state index >= 15 is 0 Å². The van der Waals surface area contributed by atoms with Crippen molar-refractivity contribution in [3.05, 3.63) is 47.8 Å². The van der Waals surface area contributed by atoms with Gasteiger partial charge in [-0.3, -0.25) is 14.5 Å². The largest absolute Gasteiger partial charge is 0.467 e. The monoisotopic (exact) mass is 413 g/mol. The molecule has 1 unspecified atom stereocenters. The Balaban J connectivity index is 1.78. The van der Waals surface area contributed by atoms with Gasteiger partial charge in [0.2, 0.25) is 5.91 Å². The highest BCUT2D eigenvalue weighted by atomic mass is 19.4. The van der Waals surface area contributed by atoms with Crippen molar-refractivity contribution < 1.29 is 36.4 Å². The van der Waals surface area contributed by atoms with Crippen LogP contribution in [0.15, 0.2) is 39.4 Å². The summed E-state index contributed by atoms with van der Waals surface area (Å²) in [4.78, 5) is 38.6. The Hall–Kier alpha value is -3.24. The van der Waals surface area contributed by atoms with Crippen LogP contribution in [-0.2, 0) is 21.7 Å². The van der Waals surface area contributed by atoms with Crippen molar-refractivity contribution in [2.45, 2.75) is 32.1 Å². The van der Waals surface area contributed by atoms with Gasteiger partial charge in [0, 0.05) is 0 Å². The summed E-state index contributed by atoms with van der Waals surface area (Å²) in [5.41, 5.74) is -1.55. The number of nitrogens with one attached hydrogen (secondary N) is 1. The second kappa shape index (κ2) is 7.30. The maximum Gasteiger partial charge on any atom is 0.406 e. The minimum absolute atomic E-state index is 0.135. The fourth-order valence-electron chi connectivity index (χ4n) is 2.99. The first kappa shape index (κ1) is 20.5. The molecule has 1 atom stereocenters. The van der Waals surface area contributed by atoms with E-state index in [0.717, 1.165) is 0 Å². The SMILES string of the molecule is Cc1ccc(C2(C)NC(=O)N(CC(=O)N(Cc3ccco3)CC(F)(F)F)C2=O)o1. The number of furan rings is 2. The second-order valence-corrected chi connectivity index (χ2v) is 6.80. The Bertz CT molecular complexity index is 922. The highest BCUT2D eigenvalue weighted by Crippen LogP contribution is 2.30. The van der Waals surface area contributed by atoms with Crippen molar-refractivity contribution in [1.82, 2.24) is 15.1 Å². The Morgan fingerprint density at radius 3 is 2.55 bits per heavy atom. The smallest absolute Gasteiger partial charge is 0.406 e. The minimum atomic E-state index is -4.67. The fraction of sp³-hybridized carbons (Fsp3) is 0.389. The Kier molecular flexibility index (Phi) is 5.16. The van der Waals surface area contributed by atoms with E-state index in [-0.39, 0.29) is 11.5 Å². The average Bonchev–Trinajstić information content (AvgIpc) is 3.32. The van der Waals surface area contributed by atoms with Gasteiger partial charge in [-0.2, -0.15) is 13.2 Å². The summed E-state index contributed by atoms with van der Waals surface area (Å²) in [6.45, 7) is 0.191. The van der Waals surface area contributed by atoms with E-state index in [2.05, 4.69) is 5.32 Å². The van der Waals surface area contributed by atoms with Crippen molar-refractivity contribution >= 4 is 17.8 Å². The summed E-state index contributed by atoms with van der Waals surface area (Å²) >= 11 is 0. The number of carbonyl (C=O) groups excluding carboxylic acids is 3. The van der Waals surface area contributed by atoms with E-state index in [4.69, 9.17) is 8.83 Å². The normalized spacial score (nSPS) is 19.6. The van der Waals surface area contributed by atoms with E-state index in [1.165, 1.54) is 31.4 Å².